The molecule has 5 nitrogen and oxygen atoms in total. The predicted molar refractivity (Wildman–Crippen MR) is 46.2 cm³/mol. The molecule has 1 heterocycles. The fourth-order valence-corrected chi connectivity index (χ4v) is 1.14. The molecule has 0 bridgehead atoms. The molecule has 0 aromatic rings. The highest BCUT2D eigenvalue weighted by Crippen LogP contribution is 2.14. The van der Waals surface area contributed by atoms with Gasteiger partial charge in [0.2, 0.25) is 0 Å². The van der Waals surface area contributed by atoms with Crippen LogP contribution in [0.25, 0.3) is 0 Å². The van der Waals surface area contributed by atoms with Crippen molar-refractivity contribution >= 4 is 5.97 Å². The minimum Gasteiger partial charge on any atom is -0.421 e. The topological polar surface area (TPSA) is 53.0 Å². The smallest absolute Gasteiger partial charge is 0.335 e. The Morgan fingerprint density at radius 1 is 1.62 bits per heavy atom. The molecule has 0 saturated carbocycles. The molecule has 0 radical (unpaired) electrons. The second-order valence-electron chi connectivity index (χ2n) is 2.77. The summed E-state index contributed by atoms with van der Waals surface area (Å²) in [4.78, 5) is 14.4. The van der Waals surface area contributed by atoms with Crippen molar-refractivity contribution < 1.29 is 14.6 Å². The molecule has 1 rings (SSSR count). The molecule has 74 valence electrons. The molecule has 0 aliphatic carbocycles. The van der Waals surface area contributed by atoms with E-state index in [9.17, 15) is 4.79 Å². The van der Waals surface area contributed by atoms with Gasteiger partial charge in [-0.1, -0.05) is 0 Å². The summed E-state index contributed by atoms with van der Waals surface area (Å²) >= 11 is 0. The van der Waals surface area contributed by atoms with Crippen LogP contribution in [0.15, 0.2) is 12.4 Å². The highest BCUT2D eigenvalue weighted by molar-refractivity contribution is 5.70. The number of rotatable bonds is 3. The molecule has 0 saturated heterocycles. The van der Waals surface area contributed by atoms with Gasteiger partial charge in [0.25, 0.3) is 6.35 Å². The van der Waals surface area contributed by atoms with Crippen molar-refractivity contribution in [2.24, 2.45) is 0 Å². The van der Waals surface area contributed by atoms with E-state index in [2.05, 4.69) is 0 Å². The third-order valence-electron chi connectivity index (χ3n) is 1.86. The first-order valence-corrected chi connectivity index (χ1v) is 4.15. The van der Waals surface area contributed by atoms with E-state index in [1.807, 2.05) is 31.3 Å². The van der Waals surface area contributed by atoms with E-state index in [0.717, 1.165) is 6.54 Å². The Balaban J connectivity index is 2.52. The van der Waals surface area contributed by atoms with Crippen molar-refractivity contribution in [1.82, 2.24) is 9.80 Å². The molecule has 1 aliphatic rings. The standard InChI is InChI=1S/C8H14N2O3/c1-3-10-5-4-9(2)8(10)13-7(12)6-11/h4-5,8,11H,3,6H2,1-2H3. The second-order valence-corrected chi connectivity index (χ2v) is 2.77. The Morgan fingerprint density at radius 2 is 2.31 bits per heavy atom. The van der Waals surface area contributed by atoms with Gasteiger partial charge in [0, 0.05) is 26.0 Å². The predicted octanol–water partition coefficient (Wildman–Crippen LogP) is -0.456. The number of carbonyl (C=O) groups excluding carboxylic acids is 1. The summed E-state index contributed by atoms with van der Waals surface area (Å²) < 4.78 is 4.98. The number of aliphatic hydroxyl groups is 1. The molecule has 1 N–H and O–H groups in total. The molecule has 0 spiro atoms. The minimum atomic E-state index is -0.612. The van der Waals surface area contributed by atoms with Crippen LogP contribution >= 0.6 is 0 Å². The fraction of sp³-hybridized carbons (Fsp3) is 0.625. The van der Waals surface area contributed by atoms with Crippen LogP contribution in [0.2, 0.25) is 0 Å². The Bertz CT molecular complexity index is 217. The molecule has 0 aromatic heterocycles. The molecule has 0 fully saturated rings. The van der Waals surface area contributed by atoms with Crippen LogP contribution < -0.4 is 0 Å². The van der Waals surface area contributed by atoms with Gasteiger partial charge in [0.1, 0.15) is 6.61 Å². The molecule has 0 aromatic carbocycles. The van der Waals surface area contributed by atoms with Gasteiger partial charge in [0.05, 0.1) is 0 Å². The van der Waals surface area contributed by atoms with Gasteiger partial charge in [-0.15, -0.1) is 0 Å². The lowest BCUT2D eigenvalue weighted by Gasteiger charge is -2.28. The number of aliphatic hydroxyl groups excluding tert-OH is 1. The van der Waals surface area contributed by atoms with Crippen molar-refractivity contribution in [3.05, 3.63) is 12.4 Å². The fourth-order valence-electron chi connectivity index (χ4n) is 1.14. The summed E-state index contributed by atoms with van der Waals surface area (Å²) in [6.07, 6.45) is 3.25. The van der Waals surface area contributed by atoms with Gasteiger partial charge in [-0.3, -0.25) is 0 Å². The van der Waals surface area contributed by atoms with Crippen molar-refractivity contribution in [3.8, 4) is 0 Å². The zero-order valence-corrected chi connectivity index (χ0v) is 7.80. The van der Waals surface area contributed by atoms with Gasteiger partial charge in [-0.2, -0.15) is 0 Å². The summed E-state index contributed by atoms with van der Waals surface area (Å²) in [6.45, 7) is 2.13. The molecule has 1 unspecified atom stereocenters. The van der Waals surface area contributed by atoms with Crippen LogP contribution in [-0.2, 0) is 9.53 Å². The Kier molecular flexibility index (Phi) is 3.13. The van der Waals surface area contributed by atoms with E-state index in [0.29, 0.717) is 0 Å². The molecule has 0 amide bonds. The second kappa shape index (κ2) is 4.13. The first-order valence-electron chi connectivity index (χ1n) is 4.15. The maximum atomic E-state index is 10.8. The lowest BCUT2D eigenvalue weighted by Crippen LogP contribution is -2.40. The van der Waals surface area contributed by atoms with Crippen LogP contribution in [0.4, 0.5) is 0 Å². The van der Waals surface area contributed by atoms with E-state index in [1.165, 1.54) is 0 Å². The summed E-state index contributed by atoms with van der Waals surface area (Å²) in [7, 11) is 1.81. The monoisotopic (exact) mass is 186 g/mol. The van der Waals surface area contributed by atoms with Gasteiger partial charge in [0.15, 0.2) is 0 Å². The highest BCUT2D eigenvalue weighted by Gasteiger charge is 2.25. The quantitative estimate of drug-likeness (QED) is 0.605. The zero-order valence-electron chi connectivity index (χ0n) is 7.80. The average molecular weight is 186 g/mol. The Morgan fingerprint density at radius 3 is 2.85 bits per heavy atom. The first-order chi connectivity index (χ1) is 6.19. The van der Waals surface area contributed by atoms with Gasteiger partial charge >= 0.3 is 5.97 Å². The number of hydrogen-bond donors (Lipinski definition) is 1. The van der Waals surface area contributed by atoms with Crippen molar-refractivity contribution in [2.45, 2.75) is 13.3 Å². The SMILES string of the molecule is CCN1C=CN(C)C1OC(=O)CO. The van der Waals surface area contributed by atoms with E-state index in [4.69, 9.17) is 9.84 Å². The van der Waals surface area contributed by atoms with Crippen molar-refractivity contribution in [2.75, 3.05) is 20.2 Å². The number of nitrogens with zero attached hydrogens (tertiary/aromatic N) is 2. The largest absolute Gasteiger partial charge is 0.421 e. The molecule has 1 aliphatic heterocycles. The summed E-state index contributed by atoms with van der Waals surface area (Å²) in [5.74, 6) is -0.612. The van der Waals surface area contributed by atoms with Crippen molar-refractivity contribution in [1.29, 1.82) is 0 Å². The minimum absolute atomic E-state index is 0.412. The average Bonchev–Trinajstić information content (AvgIpc) is 2.48. The number of ether oxygens (including phenoxy) is 1. The summed E-state index contributed by atoms with van der Waals surface area (Å²) in [5.41, 5.74) is 0. The molecular formula is C8H14N2O3. The van der Waals surface area contributed by atoms with E-state index < -0.39 is 18.9 Å². The van der Waals surface area contributed by atoms with Crippen LogP contribution in [0, 0.1) is 0 Å². The van der Waals surface area contributed by atoms with Crippen LogP contribution in [0.3, 0.4) is 0 Å². The van der Waals surface area contributed by atoms with E-state index >= 15 is 0 Å². The zero-order chi connectivity index (χ0) is 9.84. The third kappa shape index (κ3) is 2.12. The maximum absolute atomic E-state index is 10.8. The number of hydrogen-bond acceptors (Lipinski definition) is 5. The Labute approximate surface area is 77.2 Å². The molecule has 13 heavy (non-hydrogen) atoms. The summed E-state index contributed by atoms with van der Waals surface area (Å²) in [6, 6.07) is 0. The van der Waals surface area contributed by atoms with Crippen LogP contribution in [0.1, 0.15) is 6.92 Å². The van der Waals surface area contributed by atoms with Gasteiger partial charge in [-0.05, 0) is 6.92 Å². The van der Waals surface area contributed by atoms with Crippen LogP contribution in [0.5, 0.6) is 0 Å². The third-order valence-corrected chi connectivity index (χ3v) is 1.86. The molecular weight excluding hydrogens is 172 g/mol. The van der Waals surface area contributed by atoms with E-state index in [-0.39, 0.29) is 0 Å². The highest BCUT2D eigenvalue weighted by atomic mass is 16.6. The Hall–Kier alpha value is -1.23. The van der Waals surface area contributed by atoms with Gasteiger partial charge in [-0.25, -0.2) is 4.79 Å². The first kappa shape index (κ1) is 9.85. The normalized spacial score (nSPS) is 21.0. The van der Waals surface area contributed by atoms with Crippen molar-refractivity contribution in [3.63, 3.8) is 0 Å². The molecule has 1 atom stereocenters. The lowest BCUT2D eigenvalue weighted by molar-refractivity contribution is -0.169. The van der Waals surface area contributed by atoms with E-state index in [1.54, 1.807) is 4.90 Å². The summed E-state index contributed by atoms with van der Waals surface area (Å²) in [5, 5.41) is 8.51. The maximum Gasteiger partial charge on any atom is 0.335 e. The number of carbonyl (C=O) groups is 1. The molecule has 5 heteroatoms. The van der Waals surface area contributed by atoms with Crippen LogP contribution in [-0.4, -0.2) is 47.4 Å². The lowest BCUT2D eigenvalue weighted by atomic mass is 10.6. The van der Waals surface area contributed by atoms with Gasteiger partial charge < -0.3 is 19.6 Å². The number of esters is 1.